The molecule has 0 saturated heterocycles. The Kier molecular flexibility index (Phi) is 5.68. The monoisotopic (exact) mass is 466 g/mol. The molecular formula is C24H19ClN2O4S. The van der Waals surface area contributed by atoms with Crippen molar-refractivity contribution in [2.75, 3.05) is 23.6 Å². The molecule has 0 radical (unpaired) electrons. The summed E-state index contributed by atoms with van der Waals surface area (Å²) in [6.45, 7) is 0.127. The van der Waals surface area contributed by atoms with Crippen molar-refractivity contribution in [3.8, 4) is 11.5 Å². The van der Waals surface area contributed by atoms with Crippen molar-refractivity contribution < 1.29 is 19.1 Å². The molecule has 2 aliphatic rings. The van der Waals surface area contributed by atoms with Crippen molar-refractivity contribution in [1.29, 1.82) is 0 Å². The molecule has 5 rings (SSSR count). The summed E-state index contributed by atoms with van der Waals surface area (Å²) < 4.78 is 10.9. The molecule has 32 heavy (non-hydrogen) atoms. The van der Waals surface area contributed by atoms with Crippen LogP contribution in [0.3, 0.4) is 0 Å². The third kappa shape index (κ3) is 4.26. The predicted octanol–water partition coefficient (Wildman–Crippen LogP) is 5.28. The van der Waals surface area contributed by atoms with E-state index in [1.165, 1.54) is 0 Å². The highest BCUT2D eigenvalue weighted by Crippen LogP contribution is 2.47. The number of carbonyl (C=O) groups excluding carboxylic acids is 2. The van der Waals surface area contributed by atoms with Crippen LogP contribution in [0.2, 0.25) is 5.02 Å². The van der Waals surface area contributed by atoms with Crippen LogP contribution in [0.15, 0.2) is 71.6 Å². The number of nitrogens with one attached hydrogen (secondary N) is 1. The summed E-state index contributed by atoms with van der Waals surface area (Å²) in [6, 6.07) is 20.3. The molecule has 3 aromatic carbocycles. The average molecular weight is 467 g/mol. The number of para-hydroxylation sites is 1. The topological polar surface area (TPSA) is 67.9 Å². The third-order valence-electron chi connectivity index (χ3n) is 5.28. The summed E-state index contributed by atoms with van der Waals surface area (Å²) in [5.41, 5.74) is 2.34. The third-order valence-corrected chi connectivity index (χ3v) is 6.86. The first-order chi connectivity index (χ1) is 15.6. The van der Waals surface area contributed by atoms with Crippen molar-refractivity contribution in [2.24, 2.45) is 0 Å². The van der Waals surface area contributed by atoms with Gasteiger partial charge in [-0.25, -0.2) is 0 Å². The second-order valence-corrected chi connectivity index (χ2v) is 9.11. The molecule has 3 aromatic rings. The fourth-order valence-electron chi connectivity index (χ4n) is 3.73. The highest BCUT2D eigenvalue weighted by Gasteiger charge is 2.31. The van der Waals surface area contributed by atoms with Gasteiger partial charge in [0, 0.05) is 27.3 Å². The quantitative estimate of drug-likeness (QED) is 0.566. The van der Waals surface area contributed by atoms with E-state index in [4.69, 9.17) is 21.1 Å². The average Bonchev–Trinajstić information content (AvgIpc) is 3.22. The Labute approximate surface area is 194 Å². The number of nitrogens with zero attached hydrogens (tertiary/aromatic N) is 1. The van der Waals surface area contributed by atoms with Crippen LogP contribution in [-0.4, -0.2) is 25.2 Å². The Morgan fingerprint density at radius 3 is 2.69 bits per heavy atom. The van der Waals surface area contributed by atoms with Crippen LogP contribution < -0.4 is 19.7 Å². The van der Waals surface area contributed by atoms with E-state index in [9.17, 15) is 9.59 Å². The number of carbonyl (C=O) groups is 2. The molecule has 1 unspecified atom stereocenters. The Morgan fingerprint density at radius 2 is 1.84 bits per heavy atom. The fraction of sp³-hybridized carbons (Fsp3) is 0.167. The molecule has 0 saturated carbocycles. The second kappa shape index (κ2) is 8.76. The number of rotatable bonds is 4. The van der Waals surface area contributed by atoms with Crippen LogP contribution in [0.5, 0.6) is 11.5 Å². The van der Waals surface area contributed by atoms with Crippen LogP contribution in [0.25, 0.3) is 0 Å². The van der Waals surface area contributed by atoms with Gasteiger partial charge in [-0.3, -0.25) is 9.59 Å². The molecule has 6 nitrogen and oxygen atoms in total. The van der Waals surface area contributed by atoms with Gasteiger partial charge in [-0.15, -0.1) is 11.8 Å². The lowest BCUT2D eigenvalue weighted by Gasteiger charge is -2.22. The molecule has 8 heteroatoms. The van der Waals surface area contributed by atoms with Crippen LogP contribution in [0.4, 0.5) is 11.4 Å². The SMILES string of the molecule is O=C(CN1C(=O)CC(c2ccc3c(c2)OCO3)Sc2ccccc21)Nc1ccc(Cl)cc1. The first-order valence-corrected chi connectivity index (χ1v) is 11.3. The molecule has 2 amide bonds. The first kappa shape index (κ1) is 20.7. The highest BCUT2D eigenvalue weighted by atomic mass is 35.5. The van der Waals surface area contributed by atoms with Crippen LogP contribution >= 0.6 is 23.4 Å². The number of ether oxygens (including phenoxy) is 2. The summed E-state index contributed by atoms with van der Waals surface area (Å²) in [7, 11) is 0. The Morgan fingerprint density at radius 1 is 1.06 bits per heavy atom. The van der Waals surface area contributed by atoms with Gasteiger partial charge in [-0.05, 0) is 54.1 Å². The standard InChI is InChI=1S/C24H19ClN2O4S/c25-16-6-8-17(9-7-16)26-23(28)13-27-18-3-1-2-4-21(18)32-22(12-24(27)29)15-5-10-19-20(11-15)31-14-30-19/h1-11,22H,12-14H2,(H,26,28). The van der Waals surface area contributed by atoms with E-state index in [-0.39, 0.29) is 36.8 Å². The van der Waals surface area contributed by atoms with Gasteiger partial charge in [0.1, 0.15) is 6.54 Å². The smallest absolute Gasteiger partial charge is 0.244 e. The molecule has 1 N–H and O–H groups in total. The molecule has 2 heterocycles. The van der Waals surface area contributed by atoms with Crippen LogP contribution in [0.1, 0.15) is 17.2 Å². The molecule has 162 valence electrons. The minimum absolute atomic E-state index is 0.0765. The van der Waals surface area contributed by atoms with E-state index < -0.39 is 0 Å². The van der Waals surface area contributed by atoms with E-state index in [0.717, 1.165) is 16.1 Å². The molecule has 0 aliphatic carbocycles. The summed E-state index contributed by atoms with van der Waals surface area (Å²) in [4.78, 5) is 28.5. The number of anilines is 2. The van der Waals surface area contributed by atoms with E-state index in [0.29, 0.717) is 22.2 Å². The van der Waals surface area contributed by atoms with Gasteiger partial charge in [-0.1, -0.05) is 29.8 Å². The number of benzene rings is 3. The number of amides is 2. The second-order valence-electron chi connectivity index (χ2n) is 7.43. The van der Waals surface area contributed by atoms with Gasteiger partial charge in [0.15, 0.2) is 11.5 Å². The highest BCUT2D eigenvalue weighted by molar-refractivity contribution is 7.99. The van der Waals surface area contributed by atoms with E-state index >= 15 is 0 Å². The Bertz CT molecular complexity index is 1180. The van der Waals surface area contributed by atoms with Crippen molar-refractivity contribution >= 4 is 46.6 Å². The minimum Gasteiger partial charge on any atom is -0.454 e. The maximum atomic E-state index is 13.3. The number of fused-ring (bicyclic) bond motifs is 2. The minimum atomic E-state index is -0.276. The first-order valence-electron chi connectivity index (χ1n) is 10.1. The van der Waals surface area contributed by atoms with E-state index in [2.05, 4.69) is 5.32 Å². The molecule has 0 bridgehead atoms. The van der Waals surface area contributed by atoms with E-state index in [1.807, 2.05) is 42.5 Å². The Hall–Kier alpha value is -3.16. The molecule has 1 atom stereocenters. The maximum absolute atomic E-state index is 13.3. The van der Waals surface area contributed by atoms with Gasteiger partial charge < -0.3 is 19.7 Å². The van der Waals surface area contributed by atoms with Gasteiger partial charge in [0.25, 0.3) is 0 Å². The van der Waals surface area contributed by atoms with Gasteiger partial charge >= 0.3 is 0 Å². The number of thioether (sulfide) groups is 1. The molecule has 0 fully saturated rings. The maximum Gasteiger partial charge on any atom is 0.244 e. The lowest BCUT2D eigenvalue weighted by Crippen LogP contribution is -2.38. The lowest BCUT2D eigenvalue weighted by atomic mass is 10.1. The van der Waals surface area contributed by atoms with Crippen molar-refractivity contribution in [3.63, 3.8) is 0 Å². The molecule has 0 spiro atoms. The number of hydrogen-bond donors (Lipinski definition) is 1. The zero-order chi connectivity index (χ0) is 22.1. The summed E-state index contributed by atoms with van der Waals surface area (Å²) >= 11 is 7.52. The number of hydrogen-bond acceptors (Lipinski definition) is 5. The lowest BCUT2D eigenvalue weighted by molar-refractivity contribution is -0.121. The summed E-state index contributed by atoms with van der Waals surface area (Å²) in [5.74, 6) is 1.00. The Balaban J connectivity index is 1.39. The summed E-state index contributed by atoms with van der Waals surface area (Å²) in [5, 5.41) is 3.31. The van der Waals surface area contributed by atoms with E-state index in [1.54, 1.807) is 40.9 Å². The molecule has 0 aromatic heterocycles. The van der Waals surface area contributed by atoms with Crippen molar-refractivity contribution in [2.45, 2.75) is 16.6 Å². The summed E-state index contributed by atoms with van der Waals surface area (Å²) in [6.07, 6.45) is 0.257. The van der Waals surface area contributed by atoms with Crippen LogP contribution in [-0.2, 0) is 9.59 Å². The number of halogens is 1. The molecule has 2 aliphatic heterocycles. The zero-order valence-corrected chi connectivity index (χ0v) is 18.5. The predicted molar refractivity (Wildman–Crippen MR) is 125 cm³/mol. The fourth-order valence-corrected chi connectivity index (χ4v) is 5.13. The van der Waals surface area contributed by atoms with Crippen LogP contribution in [0, 0.1) is 0 Å². The van der Waals surface area contributed by atoms with Gasteiger partial charge in [0.2, 0.25) is 18.6 Å². The molecular weight excluding hydrogens is 448 g/mol. The van der Waals surface area contributed by atoms with Crippen molar-refractivity contribution in [1.82, 2.24) is 0 Å². The largest absolute Gasteiger partial charge is 0.454 e. The normalized spacial score (nSPS) is 17.0. The van der Waals surface area contributed by atoms with Crippen molar-refractivity contribution in [3.05, 3.63) is 77.3 Å². The van der Waals surface area contributed by atoms with Gasteiger partial charge in [-0.2, -0.15) is 0 Å². The van der Waals surface area contributed by atoms with Gasteiger partial charge in [0.05, 0.1) is 5.69 Å². The zero-order valence-electron chi connectivity index (χ0n) is 16.9.